The molecule has 0 radical (unpaired) electrons. The van der Waals surface area contributed by atoms with Gasteiger partial charge >= 0.3 is 5.69 Å². The highest BCUT2D eigenvalue weighted by Crippen LogP contribution is 2.40. The molecule has 1 aliphatic rings. The van der Waals surface area contributed by atoms with Crippen LogP contribution >= 0.6 is 0 Å². The van der Waals surface area contributed by atoms with Crippen LogP contribution in [0, 0.1) is 0 Å². The number of aryl methyl sites for hydroxylation is 1. The first-order chi connectivity index (χ1) is 16.1. The molecule has 5 rings (SSSR count). The largest absolute Gasteiger partial charge is 0.355 e. The summed E-state index contributed by atoms with van der Waals surface area (Å²) in [4.78, 5) is 40.4. The average Bonchev–Trinajstić information content (AvgIpc) is 2.84. The Morgan fingerprint density at radius 3 is 2.52 bits per heavy atom. The van der Waals surface area contributed by atoms with Crippen LogP contribution in [0.3, 0.4) is 0 Å². The van der Waals surface area contributed by atoms with Crippen molar-refractivity contribution in [2.75, 3.05) is 11.9 Å². The second-order valence-electron chi connectivity index (χ2n) is 7.72. The Morgan fingerprint density at radius 1 is 1.00 bits per heavy atom. The van der Waals surface area contributed by atoms with Gasteiger partial charge in [0, 0.05) is 29.2 Å². The van der Waals surface area contributed by atoms with E-state index in [-0.39, 0.29) is 11.5 Å². The van der Waals surface area contributed by atoms with Gasteiger partial charge in [0.2, 0.25) is 0 Å². The zero-order chi connectivity index (χ0) is 22.9. The van der Waals surface area contributed by atoms with Gasteiger partial charge in [-0.15, -0.1) is 6.58 Å². The lowest BCUT2D eigenvalue weighted by Crippen LogP contribution is -2.24. The molecule has 1 aromatic heterocycles. The standard InChI is InChI=1S/C26H21N3O4/c1-3-14-32-33-15-16-8-10-17(11-9-16)27-20-12-13-21-23-22(20)25(30)19-7-5-4-6-18(19)24(23)28-26(31)29(21)2/h3-13,27H,1,14-15H2,2H3. The van der Waals surface area contributed by atoms with Crippen molar-refractivity contribution in [2.24, 2.45) is 7.05 Å². The Kier molecular flexibility index (Phi) is 5.34. The Bertz CT molecular complexity index is 1460. The minimum absolute atomic E-state index is 0.101. The highest BCUT2D eigenvalue weighted by Gasteiger charge is 2.29. The summed E-state index contributed by atoms with van der Waals surface area (Å²) in [5, 5.41) is 4.03. The lowest BCUT2D eigenvalue weighted by molar-refractivity contribution is -0.295. The van der Waals surface area contributed by atoms with Crippen molar-refractivity contribution in [3.8, 4) is 11.3 Å². The average molecular weight is 439 g/mol. The Labute approximate surface area is 189 Å². The molecule has 3 aromatic carbocycles. The topological polar surface area (TPSA) is 82.4 Å². The van der Waals surface area contributed by atoms with Gasteiger partial charge in [-0.3, -0.25) is 9.36 Å². The molecule has 0 saturated heterocycles. The van der Waals surface area contributed by atoms with Crippen LogP contribution in [-0.4, -0.2) is 21.9 Å². The molecule has 7 heteroatoms. The molecule has 0 fully saturated rings. The van der Waals surface area contributed by atoms with Crippen molar-refractivity contribution in [1.29, 1.82) is 0 Å². The Hall–Kier alpha value is -4.07. The smallest absolute Gasteiger partial charge is 0.348 e. The lowest BCUT2D eigenvalue weighted by Gasteiger charge is -2.22. The number of fused-ring (bicyclic) bond motifs is 2. The summed E-state index contributed by atoms with van der Waals surface area (Å²) in [6.45, 7) is 4.20. The minimum Gasteiger partial charge on any atom is -0.355 e. The number of carbonyl (C=O) groups is 1. The molecule has 0 bridgehead atoms. The van der Waals surface area contributed by atoms with Crippen molar-refractivity contribution in [2.45, 2.75) is 6.61 Å². The molecule has 1 N–H and O–H groups in total. The fourth-order valence-corrected chi connectivity index (χ4v) is 4.04. The van der Waals surface area contributed by atoms with Crippen LogP contribution in [0.4, 0.5) is 11.4 Å². The van der Waals surface area contributed by atoms with Crippen LogP contribution in [0.15, 0.2) is 78.1 Å². The SMILES string of the molecule is C=CCOOCc1ccc(Nc2ccc3c4c(nc(=O)n3C)-c3ccccc3C(=O)c24)cc1. The number of carbonyl (C=O) groups excluding carboxylic acids is 1. The van der Waals surface area contributed by atoms with E-state index < -0.39 is 0 Å². The first kappa shape index (κ1) is 20.8. The van der Waals surface area contributed by atoms with E-state index in [1.807, 2.05) is 54.6 Å². The predicted octanol–water partition coefficient (Wildman–Crippen LogP) is 4.52. The van der Waals surface area contributed by atoms with Crippen LogP contribution in [0.5, 0.6) is 0 Å². The quantitative estimate of drug-likeness (QED) is 0.174. The van der Waals surface area contributed by atoms with Crippen LogP contribution < -0.4 is 11.0 Å². The van der Waals surface area contributed by atoms with E-state index >= 15 is 0 Å². The molecule has 164 valence electrons. The van der Waals surface area contributed by atoms with E-state index in [4.69, 9.17) is 9.78 Å². The van der Waals surface area contributed by atoms with Gasteiger partial charge in [0.25, 0.3) is 0 Å². The first-order valence-electron chi connectivity index (χ1n) is 10.5. The normalized spacial score (nSPS) is 12.0. The van der Waals surface area contributed by atoms with Crippen molar-refractivity contribution < 1.29 is 14.6 Å². The fourth-order valence-electron chi connectivity index (χ4n) is 4.04. The number of nitrogens with one attached hydrogen (secondary N) is 1. The number of anilines is 2. The molecule has 0 spiro atoms. The van der Waals surface area contributed by atoms with Gasteiger partial charge < -0.3 is 5.32 Å². The van der Waals surface area contributed by atoms with E-state index in [1.165, 1.54) is 4.57 Å². The number of ketones is 1. The fraction of sp³-hybridized carbons (Fsp3) is 0.115. The highest BCUT2D eigenvalue weighted by atomic mass is 17.2. The number of aromatic nitrogens is 2. The van der Waals surface area contributed by atoms with Gasteiger partial charge in [-0.05, 0) is 29.8 Å². The third kappa shape index (κ3) is 3.63. The minimum atomic E-state index is -0.358. The van der Waals surface area contributed by atoms with E-state index in [0.717, 1.165) is 11.3 Å². The van der Waals surface area contributed by atoms with Crippen molar-refractivity contribution >= 4 is 28.1 Å². The van der Waals surface area contributed by atoms with Gasteiger partial charge in [0.05, 0.1) is 22.5 Å². The van der Waals surface area contributed by atoms with Crippen molar-refractivity contribution in [3.05, 3.63) is 100 Å². The molecular weight excluding hydrogens is 418 g/mol. The summed E-state index contributed by atoms with van der Waals surface area (Å²) in [6, 6.07) is 18.6. The van der Waals surface area contributed by atoms with E-state index in [1.54, 1.807) is 19.2 Å². The number of hydrogen-bond acceptors (Lipinski definition) is 6. The molecule has 0 aliphatic heterocycles. The number of nitrogens with zero attached hydrogens (tertiary/aromatic N) is 2. The van der Waals surface area contributed by atoms with E-state index in [2.05, 4.69) is 16.9 Å². The summed E-state index contributed by atoms with van der Waals surface area (Å²) in [5.41, 5.74) is 4.98. The molecule has 0 atom stereocenters. The maximum absolute atomic E-state index is 13.5. The van der Waals surface area contributed by atoms with Gasteiger partial charge in [0.15, 0.2) is 5.78 Å². The Morgan fingerprint density at radius 2 is 1.76 bits per heavy atom. The predicted molar refractivity (Wildman–Crippen MR) is 127 cm³/mol. The third-order valence-electron chi connectivity index (χ3n) is 5.66. The highest BCUT2D eigenvalue weighted by molar-refractivity contribution is 6.27. The van der Waals surface area contributed by atoms with Crippen LogP contribution in [0.2, 0.25) is 0 Å². The number of rotatable bonds is 7. The molecule has 0 amide bonds. The molecule has 4 aromatic rings. The zero-order valence-corrected chi connectivity index (χ0v) is 18.0. The van der Waals surface area contributed by atoms with Gasteiger partial charge in [-0.1, -0.05) is 42.5 Å². The Balaban J connectivity index is 1.56. The van der Waals surface area contributed by atoms with Gasteiger partial charge in [0.1, 0.15) is 13.2 Å². The van der Waals surface area contributed by atoms with E-state index in [0.29, 0.717) is 52.2 Å². The zero-order valence-electron chi connectivity index (χ0n) is 18.0. The summed E-state index contributed by atoms with van der Waals surface area (Å²) in [5.74, 6) is -0.101. The lowest BCUT2D eigenvalue weighted by atomic mass is 9.85. The molecular formula is C26H21N3O4. The summed E-state index contributed by atoms with van der Waals surface area (Å²) in [6.07, 6.45) is 1.61. The van der Waals surface area contributed by atoms with Crippen LogP contribution in [-0.2, 0) is 23.4 Å². The van der Waals surface area contributed by atoms with Crippen molar-refractivity contribution in [1.82, 2.24) is 9.55 Å². The van der Waals surface area contributed by atoms with Gasteiger partial charge in [-0.2, -0.15) is 4.98 Å². The molecule has 0 saturated carbocycles. The molecule has 7 nitrogen and oxygen atoms in total. The van der Waals surface area contributed by atoms with Gasteiger partial charge in [-0.25, -0.2) is 14.6 Å². The maximum Gasteiger partial charge on any atom is 0.348 e. The third-order valence-corrected chi connectivity index (χ3v) is 5.66. The van der Waals surface area contributed by atoms with Crippen LogP contribution in [0.25, 0.3) is 22.2 Å². The first-order valence-corrected chi connectivity index (χ1v) is 10.5. The number of hydrogen-bond donors (Lipinski definition) is 1. The summed E-state index contributed by atoms with van der Waals surface area (Å²) >= 11 is 0. The summed E-state index contributed by atoms with van der Waals surface area (Å²) in [7, 11) is 1.66. The van der Waals surface area contributed by atoms with Crippen molar-refractivity contribution in [3.63, 3.8) is 0 Å². The number of benzene rings is 3. The monoisotopic (exact) mass is 439 g/mol. The molecule has 1 heterocycles. The molecule has 0 unspecified atom stereocenters. The van der Waals surface area contributed by atoms with E-state index in [9.17, 15) is 9.59 Å². The second kappa shape index (κ2) is 8.46. The van der Waals surface area contributed by atoms with Crippen LogP contribution in [0.1, 0.15) is 21.5 Å². The maximum atomic E-state index is 13.5. The second-order valence-corrected chi connectivity index (χ2v) is 7.72. The molecule has 1 aliphatic carbocycles. The molecule has 33 heavy (non-hydrogen) atoms. The summed E-state index contributed by atoms with van der Waals surface area (Å²) < 4.78 is 1.47.